The van der Waals surface area contributed by atoms with E-state index in [1.54, 1.807) is 18.4 Å². The number of thiophene rings is 1. The summed E-state index contributed by atoms with van der Waals surface area (Å²) in [5.41, 5.74) is 2.58. The Balaban J connectivity index is 1.98. The fraction of sp³-hybridized carbons (Fsp3) is 0.571. The van der Waals surface area contributed by atoms with Gasteiger partial charge in [-0.15, -0.1) is 11.3 Å². The van der Waals surface area contributed by atoms with E-state index in [9.17, 15) is 0 Å². The van der Waals surface area contributed by atoms with Crippen molar-refractivity contribution in [1.29, 1.82) is 0 Å². The van der Waals surface area contributed by atoms with Gasteiger partial charge in [-0.05, 0) is 18.9 Å². The number of fused-ring (bicyclic) bond motifs is 1. The number of nitrogen functional groups attached to an aromatic ring is 1. The number of nitrogens with one attached hydrogen (secondary N) is 1. The van der Waals surface area contributed by atoms with E-state index in [0.717, 1.165) is 48.6 Å². The van der Waals surface area contributed by atoms with Crippen molar-refractivity contribution in [2.75, 3.05) is 37.1 Å². The van der Waals surface area contributed by atoms with Crippen molar-refractivity contribution in [2.45, 2.75) is 19.8 Å². The molecule has 0 saturated carbocycles. The number of nitrogens with zero attached hydrogens (tertiary/aromatic N) is 3. The number of ether oxygens (including phenoxy) is 1. The van der Waals surface area contributed by atoms with E-state index >= 15 is 0 Å². The largest absolute Gasteiger partial charge is 0.384 e. The molecule has 2 aromatic rings. The summed E-state index contributed by atoms with van der Waals surface area (Å²) in [4.78, 5) is 13.7. The summed E-state index contributed by atoms with van der Waals surface area (Å²) in [6, 6.07) is 2.21. The molecule has 1 unspecified atom stereocenters. The number of hydrazine groups is 1. The van der Waals surface area contributed by atoms with E-state index in [4.69, 9.17) is 10.6 Å². The third-order valence-electron chi connectivity index (χ3n) is 3.89. The zero-order chi connectivity index (χ0) is 14.8. The summed E-state index contributed by atoms with van der Waals surface area (Å²) < 4.78 is 5.27. The maximum atomic E-state index is 5.51. The van der Waals surface area contributed by atoms with Crippen LogP contribution in [-0.4, -0.2) is 36.8 Å². The predicted molar refractivity (Wildman–Crippen MR) is 86.8 cm³/mol. The van der Waals surface area contributed by atoms with Crippen LogP contribution in [0.2, 0.25) is 0 Å². The average molecular weight is 307 g/mol. The summed E-state index contributed by atoms with van der Waals surface area (Å²) in [6.07, 6.45) is 2.15. The van der Waals surface area contributed by atoms with E-state index in [1.807, 2.05) is 0 Å². The third-order valence-corrected chi connectivity index (χ3v) is 5.06. The molecular weight excluding hydrogens is 286 g/mol. The Morgan fingerprint density at radius 1 is 1.52 bits per heavy atom. The first-order valence-corrected chi connectivity index (χ1v) is 8.07. The van der Waals surface area contributed by atoms with Gasteiger partial charge in [-0.3, -0.25) is 5.43 Å². The highest BCUT2D eigenvalue weighted by Gasteiger charge is 2.26. The Morgan fingerprint density at radius 2 is 2.38 bits per heavy atom. The number of hydrogen-bond acceptors (Lipinski definition) is 7. The second kappa shape index (κ2) is 6.13. The van der Waals surface area contributed by atoms with Gasteiger partial charge < -0.3 is 9.64 Å². The molecule has 0 aromatic carbocycles. The maximum Gasteiger partial charge on any atom is 0.240 e. The molecule has 0 amide bonds. The van der Waals surface area contributed by atoms with Crippen LogP contribution in [0, 0.1) is 5.92 Å². The lowest BCUT2D eigenvalue weighted by Crippen LogP contribution is -2.23. The van der Waals surface area contributed by atoms with E-state index < -0.39 is 0 Å². The first-order valence-electron chi connectivity index (χ1n) is 7.26. The number of hydrogen-bond donors (Lipinski definition) is 2. The number of rotatable bonds is 5. The van der Waals surface area contributed by atoms with Gasteiger partial charge in [0.2, 0.25) is 5.95 Å². The number of methoxy groups -OCH3 is 1. The second-order valence-electron chi connectivity index (χ2n) is 5.36. The topological polar surface area (TPSA) is 76.3 Å². The summed E-state index contributed by atoms with van der Waals surface area (Å²) in [5.74, 6) is 7.55. The van der Waals surface area contributed by atoms with Crippen molar-refractivity contribution < 1.29 is 4.74 Å². The minimum atomic E-state index is 0.484. The molecule has 0 bridgehead atoms. The SMILES string of the molecule is CCc1cc2c(N3CCC(COC)C3)nc(NN)nc2s1. The highest BCUT2D eigenvalue weighted by atomic mass is 32.1. The first kappa shape index (κ1) is 14.5. The molecule has 21 heavy (non-hydrogen) atoms. The molecule has 1 aliphatic heterocycles. The number of nitrogens with two attached hydrogens (primary N) is 1. The van der Waals surface area contributed by atoms with Gasteiger partial charge in [0.15, 0.2) is 0 Å². The number of anilines is 2. The Morgan fingerprint density at radius 3 is 3.10 bits per heavy atom. The van der Waals surface area contributed by atoms with Crippen molar-refractivity contribution >= 4 is 33.3 Å². The van der Waals surface area contributed by atoms with Gasteiger partial charge in [-0.1, -0.05) is 6.92 Å². The summed E-state index contributed by atoms with van der Waals surface area (Å²) in [5, 5.41) is 1.13. The van der Waals surface area contributed by atoms with Crippen LogP contribution >= 0.6 is 11.3 Å². The van der Waals surface area contributed by atoms with Gasteiger partial charge >= 0.3 is 0 Å². The molecule has 3 N–H and O–H groups in total. The smallest absolute Gasteiger partial charge is 0.240 e. The lowest BCUT2D eigenvalue weighted by atomic mass is 10.1. The van der Waals surface area contributed by atoms with Crippen molar-refractivity contribution in [3.05, 3.63) is 10.9 Å². The first-order chi connectivity index (χ1) is 10.2. The molecule has 114 valence electrons. The molecule has 3 rings (SSSR count). The molecule has 1 aliphatic rings. The molecule has 0 spiro atoms. The van der Waals surface area contributed by atoms with E-state index in [0.29, 0.717) is 11.9 Å². The van der Waals surface area contributed by atoms with Crippen molar-refractivity contribution in [3.63, 3.8) is 0 Å². The Bertz CT molecular complexity index is 629. The monoisotopic (exact) mass is 307 g/mol. The zero-order valence-electron chi connectivity index (χ0n) is 12.4. The van der Waals surface area contributed by atoms with Gasteiger partial charge in [0, 0.05) is 31.0 Å². The molecule has 1 atom stereocenters. The van der Waals surface area contributed by atoms with Crippen LogP contribution in [0.3, 0.4) is 0 Å². The quantitative estimate of drug-likeness (QED) is 0.650. The van der Waals surface area contributed by atoms with E-state index in [2.05, 4.69) is 33.3 Å². The molecule has 1 saturated heterocycles. The average Bonchev–Trinajstić information content (AvgIpc) is 3.12. The van der Waals surface area contributed by atoms with Gasteiger partial charge in [0.25, 0.3) is 0 Å². The van der Waals surface area contributed by atoms with Crippen LogP contribution in [-0.2, 0) is 11.2 Å². The van der Waals surface area contributed by atoms with E-state index in [1.165, 1.54) is 4.88 Å². The fourth-order valence-electron chi connectivity index (χ4n) is 2.83. The van der Waals surface area contributed by atoms with Crippen LogP contribution < -0.4 is 16.2 Å². The number of aromatic nitrogens is 2. The standard InChI is InChI=1S/C14H21N5OS/c1-3-10-6-11-12(16-14(18-15)17-13(11)21-10)19-5-4-9(7-19)8-20-2/h6,9H,3-5,7-8,15H2,1-2H3,(H,16,17,18). The second-order valence-corrected chi connectivity index (χ2v) is 6.47. The molecule has 3 heterocycles. The van der Waals surface area contributed by atoms with Gasteiger partial charge in [-0.2, -0.15) is 4.98 Å². The molecule has 6 nitrogen and oxygen atoms in total. The van der Waals surface area contributed by atoms with Crippen LogP contribution in [0.5, 0.6) is 0 Å². The normalized spacial score (nSPS) is 18.6. The Kier molecular flexibility index (Phi) is 4.23. The molecular formula is C14H21N5OS. The van der Waals surface area contributed by atoms with Crippen LogP contribution in [0.4, 0.5) is 11.8 Å². The van der Waals surface area contributed by atoms with Crippen molar-refractivity contribution in [1.82, 2.24) is 9.97 Å². The Labute approximate surface area is 128 Å². The molecule has 0 aliphatic carbocycles. The Hall–Kier alpha value is -1.44. The highest BCUT2D eigenvalue weighted by molar-refractivity contribution is 7.18. The fourth-order valence-corrected chi connectivity index (χ4v) is 3.79. The number of aryl methyl sites for hydroxylation is 1. The summed E-state index contributed by atoms with van der Waals surface area (Å²) in [6.45, 7) is 4.93. The van der Waals surface area contributed by atoms with Crippen LogP contribution in [0.25, 0.3) is 10.2 Å². The van der Waals surface area contributed by atoms with E-state index in [-0.39, 0.29) is 0 Å². The minimum absolute atomic E-state index is 0.484. The molecule has 0 radical (unpaired) electrons. The summed E-state index contributed by atoms with van der Waals surface area (Å²) >= 11 is 1.71. The molecule has 7 heteroatoms. The molecule has 2 aromatic heterocycles. The predicted octanol–water partition coefficient (Wildman–Crippen LogP) is 2.01. The van der Waals surface area contributed by atoms with Gasteiger partial charge in [-0.25, -0.2) is 10.8 Å². The highest BCUT2D eigenvalue weighted by Crippen LogP contribution is 2.34. The van der Waals surface area contributed by atoms with Crippen LogP contribution in [0.1, 0.15) is 18.2 Å². The zero-order valence-corrected chi connectivity index (χ0v) is 13.2. The summed E-state index contributed by atoms with van der Waals surface area (Å²) in [7, 11) is 1.76. The van der Waals surface area contributed by atoms with Crippen molar-refractivity contribution in [3.8, 4) is 0 Å². The lowest BCUT2D eigenvalue weighted by molar-refractivity contribution is 0.161. The minimum Gasteiger partial charge on any atom is -0.384 e. The lowest BCUT2D eigenvalue weighted by Gasteiger charge is -2.19. The maximum absolute atomic E-state index is 5.51. The van der Waals surface area contributed by atoms with Crippen LogP contribution in [0.15, 0.2) is 6.07 Å². The molecule has 1 fully saturated rings. The van der Waals surface area contributed by atoms with Gasteiger partial charge in [0.1, 0.15) is 10.6 Å². The third kappa shape index (κ3) is 2.81. The van der Waals surface area contributed by atoms with Gasteiger partial charge in [0.05, 0.1) is 12.0 Å². The van der Waals surface area contributed by atoms with Crippen molar-refractivity contribution in [2.24, 2.45) is 11.8 Å².